The van der Waals surface area contributed by atoms with Crippen molar-refractivity contribution in [2.24, 2.45) is 17.8 Å². The lowest BCUT2D eigenvalue weighted by Gasteiger charge is -2.29. The molecule has 0 bridgehead atoms. The van der Waals surface area contributed by atoms with Crippen molar-refractivity contribution in [1.29, 1.82) is 5.26 Å². The molecule has 1 nitrogen and oxygen atoms in total. The van der Waals surface area contributed by atoms with Gasteiger partial charge in [-0.2, -0.15) is 5.26 Å². The van der Waals surface area contributed by atoms with Crippen molar-refractivity contribution < 1.29 is 0 Å². The first-order valence-electron chi connectivity index (χ1n) is 12.4. The molecule has 1 aromatic carbocycles. The predicted octanol–water partition coefficient (Wildman–Crippen LogP) is 8.36. The number of rotatable bonds is 9. The van der Waals surface area contributed by atoms with Gasteiger partial charge in [-0.1, -0.05) is 69.4 Å². The van der Waals surface area contributed by atoms with E-state index < -0.39 is 0 Å². The van der Waals surface area contributed by atoms with Crippen LogP contribution in [-0.2, 0) is 6.42 Å². The maximum atomic E-state index is 8.66. The molecule has 3 rings (SSSR count). The van der Waals surface area contributed by atoms with Gasteiger partial charge in [0.2, 0.25) is 0 Å². The van der Waals surface area contributed by atoms with Gasteiger partial charge in [0.25, 0.3) is 0 Å². The third kappa shape index (κ3) is 7.33. The van der Waals surface area contributed by atoms with Crippen LogP contribution in [0.2, 0.25) is 0 Å². The van der Waals surface area contributed by atoms with Gasteiger partial charge >= 0.3 is 0 Å². The molecule has 2 aliphatic rings. The van der Waals surface area contributed by atoms with Crippen LogP contribution in [0, 0.1) is 29.1 Å². The van der Waals surface area contributed by atoms with Crippen LogP contribution in [0.4, 0.5) is 0 Å². The summed E-state index contributed by atoms with van der Waals surface area (Å²) in [6, 6.07) is 11.7. The first-order valence-corrected chi connectivity index (χ1v) is 12.4. The van der Waals surface area contributed by atoms with Gasteiger partial charge in [-0.25, -0.2) is 0 Å². The van der Waals surface area contributed by atoms with E-state index in [0.29, 0.717) is 5.92 Å². The Hall–Kier alpha value is -1.55. The van der Waals surface area contributed by atoms with Gasteiger partial charge in [0.05, 0.1) is 6.07 Å². The second kappa shape index (κ2) is 12.2. The van der Waals surface area contributed by atoms with E-state index in [9.17, 15) is 0 Å². The molecule has 0 aliphatic heterocycles. The molecular formula is C28H41N. The van der Waals surface area contributed by atoms with E-state index in [2.05, 4.69) is 43.3 Å². The molecule has 0 heterocycles. The van der Waals surface area contributed by atoms with Crippen molar-refractivity contribution in [3.05, 3.63) is 47.5 Å². The zero-order valence-corrected chi connectivity index (χ0v) is 18.6. The fourth-order valence-electron chi connectivity index (χ4n) is 5.74. The van der Waals surface area contributed by atoms with Crippen LogP contribution in [-0.4, -0.2) is 0 Å². The largest absolute Gasteiger partial charge is 0.193 e. The van der Waals surface area contributed by atoms with Crippen LogP contribution in [0.5, 0.6) is 0 Å². The van der Waals surface area contributed by atoms with Crippen molar-refractivity contribution in [2.45, 2.75) is 103 Å². The molecule has 2 aliphatic carbocycles. The van der Waals surface area contributed by atoms with Gasteiger partial charge in [-0.15, -0.1) is 0 Å². The highest BCUT2D eigenvalue weighted by atomic mass is 14.3. The first-order chi connectivity index (χ1) is 14.3. The fraction of sp³-hybridized carbons (Fsp3) is 0.679. The average molecular weight is 392 g/mol. The maximum absolute atomic E-state index is 8.66. The van der Waals surface area contributed by atoms with E-state index >= 15 is 0 Å². The Labute approximate surface area is 179 Å². The SMILES string of the molecule is CCCc1ccc(C2CCC(CCCCC3CCC(C=CC#N)CC3)CC2)cc1. The van der Waals surface area contributed by atoms with E-state index in [1.807, 2.05) is 0 Å². The Kier molecular flexibility index (Phi) is 9.33. The van der Waals surface area contributed by atoms with Crippen LogP contribution in [0.3, 0.4) is 0 Å². The fourth-order valence-corrected chi connectivity index (χ4v) is 5.74. The number of hydrogen-bond acceptors (Lipinski definition) is 1. The number of nitrogens with zero attached hydrogens (tertiary/aromatic N) is 1. The predicted molar refractivity (Wildman–Crippen MR) is 124 cm³/mol. The zero-order valence-electron chi connectivity index (χ0n) is 18.6. The standard InChI is InChI=1S/C28H41N/c1-2-6-23-14-18-27(19-15-23)28-20-16-25(17-21-28)8-4-3-7-24-10-12-26(13-11-24)9-5-22-29/h5,9,14-15,18-19,24-26,28H,2-4,6-8,10-13,16-17,20-21H2,1H3. The Morgan fingerprint density at radius 1 is 0.862 bits per heavy atom. The summed E-state index contributed by atoms with van der Waals surface area (Å²) in [6.45, 7) is 2.26. The normalized spacial score (nSPS) is 27.7. The van der Waals surface area contributed by atoms with Gasteiger partial charge in [0, 0.05) is 6.08 Å². The van der Waals surface area contributed by atoms with Gasteiger partial charge in [-0.05, 0) is 92.6 Å². The molecule has 0 spiro atoms. The molecule has 0 atom stereocenters. The molecule has 2 saturated carbocycles. The Morgan fingerprint density at radius 2 is 1.45 bits per heavy atom. The molecule has 2 fully saturated rings. The number of unbranched alkanes of at least 4 members (excludes halogenated alkanes) is 1. The molecule has 0 N–H and O–H groups in total. The van der Waals surface area contributed by atoms with Crippen LogP contribution >= 0.6 is 0 Å². The van der Waals surface area contributed by atoms with Crippen molar-refractivity contribution in [2.75, 3.05) is 0 Å². The molecule has 29 heavy (non-hydrogen) atoms. The molecule has 0 saturated heterocycles. The summed E-state index contributed by atoms with van der Waals surface area (Å²) in [7, 11) is 0. The number of nitriles is 1. The van der Waals surface area contributed by atoms with Crippen LogP contribution < -0.4 is 0 Å². The van der Waals surface area contributed by atoms with Crippen molar-refractivity contribution in [1.82, 2.24) is 0 Å². The lowest BCUT2D eigenvalue weighted by atomic mass is 9.76. The van der Waals surface area contributed by atoms with Crippen molar-refractivity contribution in [3.8, 4) is 6.07 Å². The maximum Gasteiger partial charge on any atom is 0.0908 e. The van der Waals surface area contributed by atoms with Gasteiger partial charge in [0.15, 0.2) is 0 Å². The van der Waals surface area contributed by atoms with E-state index in [0.717, 1.165) is 17.8 Å². The van der Waals surface area contributed by atoms with Gasteiger partial charge < -0.3 is 0 Å². The number of allylic oxidation sites excluding steroid dienone is 2. The highest BCUT2D eigenvalue weighted by Gasteiger charge is 2.23. The Balaban J connectivity index is 1.27. The van der Waals surface area contributed by atoms with E-state index in [4.69, 9.17) is 5.26 Å². The summed E-state index contributed by atoms with van der Waals surface area (Å²) in [4.78, 5) is 0. The van der Waals surface area contributed by atoms with Crippen LogP contribution in [0.15, 0.2) is 36.4 Å². The topological polar surface area (TPSA) is 23.8 Å². The average Bonchev–Trinajstić information content (AvgIpc) is 2.77. The Bertz CT molecular complexity index is 634. The van der Waals surface area contributed by atoms with Crippen molar-refractivity contribution >= 4 is 0 Å². The third-order valence-electron chi connectivity index (χ3n) is 7.65. The minimum atomic E-state index is 0.670. The van der Waals surface area contributed by atoms with Gasteiger partial charge in [-0.3, -0.25) is 0 Å². The van der Waals surface area contributed by atoms with Gasteiger partial charge in [0.1, 0.15) is 0 Å². The van der Waals surface area contributed by atoms with E-state index in [1.54, 1.807) is 11.6 Å². The third-order valence-corrected chi connectivity index (χ3v) is 7.65. The zero-order chi connectivity index (χ0) is 20.3. The summed E-state index contributed by atoms with van der Waals surface area (Å²) < 4.78 is 0. The highest BCUT2D eigenvalue weighted by molar-refractivity contribution is 5.25. The minimum absolute atomic E-state index is 0.670. The second-order valence-electron chi connectivity index (χ2n) is 9.76. The lowest BCUT2D eigenvalue weighted by Crippen LogP contribution is -2.14. The molecular weight excluding hydrogens is 350 g/mol. The number of hydrogen-bond donors (Lipinski definition) is 0. The monoisotopic (exact) mass is 391 g/mol. The Morgan fingerprint density at radius 3 is 2.00 bits per heavy atom. The molecule has 1 aromatic rings. The van der Waals surface area contributed by atoms with E-state index in [-0.39, 0.29) is 0 Å². The molecule has 1 heteroatoms. The van der Waals surface area contributed by atoms with E-state index in [1.165, 1.54) is 95.5 Å². The van der Waals surface area contributed by atoms with Crippen LogP contribution in [0.25, 0.3) is 0 Å². The second-order valence-corrected chi connectivity index (χ2v) is 9.76. The summed E-state index contributed by atoms with van der Waals surface area (Å²) in [6.07, 6.45) is 23.1. The molecule has 0 radical (unpaired) electrons. The lowest BCUT2D eigenvalue weighted by molar-refractivity contribution is 0.273. The molecule has 0 unspecified atom stereocenters. The van der Waals surface area contributed by atoms with Crippen molar-refractivity contribution in [3.63, 3.8) is 0 Å². The first kappa shape index (κ1) is 22.1. The smallest absolute Gasteiger partial charge is 0.0908 e. The molecule has 0 amide bonds. The summed E-state index contributed by atoms with van der Waals surface area (Å²) in [5, 5.41) is 8.66. The number of aryl methyl sites for hydroxylation is 1. The summed E-state index contributed by atoms with van der Waals surface area (Å²) >= 11 is 0. The summed E-state index contributed by atoms with van der Waals surface area (Å²) in [5.74, 6) is 3.42. The molecule has 0 aromatic heterocycles. The summed E-state index contributed by atoms with van der Waals surface area (Å²) in [5.41, 5.74) is 3.08. The minimum Gasteiger partial charge on any atom is -0.193 e. The van der Waals surface area contributed by atoms with Crippen LogP contribution in [0.1, 0.15) is 107 Å². The highest BCUT2D eigenvalue weighted by Crippen LogP contribution is 2.38. The molecule has 158 valence electrons. The quantitative estimate of drug-likeness (QED) is 0.306. The number of benzene rings is 1.